The highest BCUT2D eigenvalue weighted by molar-refractivity contribution is 7.15. The third-order valence-corrected chi connectivity index (χ3v) is 3.72. The van der Waals surface area contributed by atoms with Gasteiger partial charge >= 0.3 is 5.97 Å². The Morgan fingerprint density at radius 1 is 1.55 bits per heavy atom. The van der Waals surface area contributed by atoms with Gasteiger partial charge in [0.1, 0.15) is 6.07 Å². The molecule has 0 radical (unpaired) electrons. The fourth-order valence-corrected chi connectivity index (χ4v) is 2.59. The number of nitriles is 1. The largest absolute Gasteiger partial charge is 0.464 e. The molecule has 0 aliphatic heterocycles. The molecule has 1 N–H and O–H groups in total. The zero-order valence-electron chi connectivity index (χ0n) is 10.7. The van der Waals surface area contributed by atoms with Crippen molar-refractivity contribution in [2.24, 2.45) is 0 Å². The van der Waals surface area contributed by atoms with Crippen LogP contribution in [0.25, 0.3) is 0 Å². The minimum atomic E-state index is -0.468. The molecule has 0 spiro atoms. The number of anilines is 2. The van der Waals surface area contributed by atoms with Crippen molar-refractivity contribution in [3.8, 4) is 6.07 Å². The number of carbonyl (C=O) groups is 1. The fraction of sp³-hybridized carbons (Fsp3) is 0.154. The number of carbonyl (C=O) groups excluding carboxylic acids is 1. The summed E-state index contributed by atoms with van der Waals surface area (Å²) in [5.74, 6) is -0.468. The number of nitrogens with one attached hydrogen (secondary N) is 1. The Kier molecular flexibility index (Phi) is 4.23. The Morgan fingerprint density at radius 3 is 2.90 bits per heavy atom. The van der Waals surface area contributed by atoms with Crippen LogP contribution < -0.4 is 5.32 Å². The van der Waals surface area contributed by atoms with Crippen LogP contribution in [0.15, 0.2) is 18.2 Å². The summed E-state index contributed by atoms with van der Waals surface area (Å²) in [5.41, 5.74) is 1.39. The van der Waals surface area contributed by atoms with Crippen LogP contribution in [-0.4, -0.2) is 18.1 Å². The lowest BCUT2D eigenvalue weighted by Gasteiger charge is -2.03. The molecular weight excluding hydrogens is 298 g/mol. The zero-order valence-corrected chi connectivity index (χ0v) is 12.3. The number of hydrogen-bond acceptors (Lipinski definition) is 6. The molecule has 2 aromatic rings. The van der Waals surface area contributed by atoms with E-state index in [1.54, 1.807) is 25.1 Å². The number of rotatable bonds is 3. The van der Waals surface area contributed by atoms with Gasteiger partial charge in [-0.15, -0.1) is 11.3 Å². The van der Waals surface area contributed by atoms with E-state index in [4.69, 9.17) is 16.9 Å². The van der Waals surface area contributed by atoms with Crippen molar-refractivity contribution in [2.75, 3.05) is 12.4 Å². The highest BCUT2D eigenvalue weighted by atomic mass is 35.5. The molecule has 1 aromatic carbocycles. The third-order valence-electron chi connectivity index (χ3n) is 2.52. The Bertz CT molecular complexity index is 706. The standard InChI is InChI=1S/C13H10ClN3O2S/c1-7-11(12(18)19-2)17-13(20-7)16-9-4-3-8(6-15)10(14)5-9/h3-5H,1-2H3,(H,16,17). The van der Waals surface area contributed by atoms with Crippen molar-refractivity contribution < 1.29 is 9.53 Å². The summed E-state index contributed by atoms with van der Waals surface area (Å²) in [4.78, 5) is 16.4. The lowest BCUT2D eigenvalue weighted by atomic mass is 10.2. The average Bonchev–Trinajstić information content (AvgIpc) is 2.79. The van der Waals surface area contributed by atoms with E-state index in [9.17, 15) is 4.79 Å². The molecular formula is C13H10ClN3O2S. The molecule has 0 atom stereocenters. The van der Waals surface area contributed by atoms with Crippen LogP contribution in [0, 0.1) is 18.3 Å². The second-order valence-electron chi connectivity index (χ2n) is 3.85. The number of nitrogens with zero attached hydrogens (tertiary/aromatic N) is 2. The van der Waals surface area contributed by atoms with Gasteiger partial charge in [-0.2, -0.15) is 5.26 Å². The van der Waals surface area contributed by atoms with E-state index in [0.717, 1.165) is 4.88 Å². The van der Waals surface area contributed by atoms with Crippen molar-refractivity contribution in [3.05, 3.63) is 39.4 Å². The number of hydrogen-bond donors (Lipinski definition) is 1. The predicted molar refractivity (Wildman–Crippen MR) is 77.6 cm³/mol. The molecule has 2 rings (SSSR count). The lowest BCUT2D eigenvalue weighted by Crippen LogP contribution is -2.03. The first-order valence-corrected chi connectivity index (χ1v) is 6.77. The Hall–Kier alpha value is -2.10. The Morgan fingerprint density at radius 2 is 2.30 bits per heavy atom. The molecule has 102 valence electrons. The van der Waals surface area contributed by atoms with E-state index in [2.05, 4.69) is 15.0 Å². The Balaban J connectivity index is 2.25. The molecule has 7 heteroatoms. The number of methoxy groups -OCH3 is 1. The summed E-state index contributed by atoms with van der Waals surface area (Å²) in [6.45, 7) is 1.79. The molecule has 0 unspecified atom stereocenters. The third kappa shape index (κ3) is 2.90. The van der Waals surface area contributed by atoms with Crippen LogP contribution in [0.2, 0.25) is 5.02 Å². The van der Waals surface area contributed by atoms with Gasteiger partial charge in [-0.1, -0.05) is 11.6 Å². The second kappa shape index (κ2) is 5.90. The highest BCUT2D eigenvalue weighted by Gasteiger charge is 2.15. The first-order chi connectivity index (χ1) is 9.55. The maximum absolute atomic E-state index is 11.5. The van der Waals surface area contributed by atoms with Gasteiger partial charge < -0.3 is 10.1 Å². The summed E-state index contributed by atoms with van der Waals surface area (Å²) in [5, 5.41) is 12.8. The van der Waals surface area contributed by atoms with Gasteiger partial charge in [0.05, 0.1) is 17.7 Å². The molecule has 1 heterocycles. The van der Waals surface area contributed by atoms with Gasteiger partial charge in [0, 0.05) is 10.6 Å². The minimum Gasteiger partial charge on any atom is -0.464 e. The first kappa shape index (κ1) is 14.3. The highest BCUT2D eigenvalue weighted by Crippen LogP contribution is 2.28. The monoisotopic (exact) mass is 307 g/mol. The van der Waals surface area contributed by atoms with Crippen LogP contribution in [0.3, 0.4) is 0 Å². The van der Waals surface area contributed by atoms with Crippen molar-refractivity contribution in [1.29, 1.82) is 5.26 Å². The van der Waals surface area contributed by atoms with Crippen molar-refractivity contribution in [2.45, 2.75) is 6.92 Å². The quantitative estimate of drug-likeness (QED) is 0.878. The molecule has 0 saturated heterocycles. The molecule has 0 aliphatic carbocycles. The van der Waals surface area contributed by atoms with E-state index in [1.165, 1.54) is 18.4 Å². The zero-order chi connectivity index (χ0) is 14.7. The second-order valence-corrected chi connectivity index (χ2v) is 5.46. The molecule has 0 amide bonds. The molecule has 0 aliphatic rings. The SMILES string of the molecule is COC(=O)c1nc(Nc2ccc(C#N)c(Cl)c2)sc1C. The lowest BCUT2D eigenvalue weighted by molar-refractivity contribution is 0.0594. The predicted octanol–water partition coefficient (Wildman–Crippen LogP) is 3.51. The molecule has 20 heavy (non-hydrogen) atoms. The normalized spacial score (nSPS) is 9.90. The number of ether oxygens (including phenoxy) is 1. The van der Waals surface area contributed by atoms with E-state index in [-0.39, 0.29) is 0 Å². The van der Waals surface area contributed by atoms with Crippen LogP contribution in [-0.2, 0) is 4.74 Å². The van der Waals surface area contributed by atoms with E-state index >= 15 is 0 Å². The number of aromatic nitrogens is 1. The number of esters is 1. The number of benzene rings is 1. The van der Waals surface area contributed by atoms with E-state index < -0.39 is 5.97 Å². The summed E-state index contributed by atoms with van der Waals surface area (Å²) >= 11 is 7.29. The molecule has 1 aromatic heterocycles. The topological polar surface area (TPSA) is 75.0 Å². The van der Waals surface area contributed by atoms with Gasteiger partial charge in [0.15, 0.2) is 10.8 Å². The maximum atomic E-state index is 11.5. The molecule has 0 fully saturated rings. The first-order valence-electron chi connectivity index (χ1n) is 5.57. The minimum absolute atomic E-state index is 0.291. The number of aryl methyl sites for hydroxylation is 1. The van der Waals surface area contributed by atoms with Crippen molar-refractivity contribution in [1.82, 2.24) is 4.98 Å². The van der Waals surface area contributed by atoms with Crippen LogP contribution >= 0.6 is 22.9 Å². The summed E-state index contributed by atoms with van der Waals surface area (Å²) in [7, 11) is 1.31. The van der Waals surface area contributed by atoms with Gasteiger partial charge in [-0.3, -0.25) is 0 Å². The number of halogens is 1. The summed E-state index contributed by atoms with van der Waals surface area (Å²) < 4.78 is 4.65. The molecule has 5 nitrogen and oxygen atoms in total. The van der Waals surface area contributed by atoms with Gasteiger partial charge in [-0.25, -0.2) is 9.78 Å². The van der Waals surface area contributed by atoms with Crippen molar-refractivity contribution >= 4 is 39.7 Å². The average molecular weight is 308 g/mol. The fourth-order valence-electron chi connectivity index (χ4n) is 1.54. The van der Waals surface area contributed by atoms with Crippen molar-refractivity contribution in [3.63, 3.8) is 0 Å². The van der Waals surface area contributed by atoms with Gasteiger partial charge in [0.25, 0.3) is 0 Å². The smallest absolute Gasteiger partial charge is 0.357 e. The Labute approximate surface area is 124 Å². The number of thiazole rings is 1. The molecule has 0 bridgehead atoms. The van der Waals surface area contributed by atoms with E-state index in [0.29, 0.717) is 27.1 Å². The summed E-state index contributed by atoms with van der Waals surface area (Å²) in [6, 6.07) is 6.96. The summed E-state index contributed by atoms with van der Waals surface area (Å²) in [6.07, 6.45) is 0. The van der Waals surface area contributed by atoms with Gasteiger partial charge in [-0.05, 0) is 25.1 Å². The maximum Gasteiger partial charge on any atom is 0.357 e. The van der Waals surface area contributed by atoms with Gasteiger partial charge in [0.2, 0.25) is 0 Å². The van der Waals surface area contributed by atoms with E-state index in [1.807, 2.05) is 6.07 Å². The van der Waals surface area contributed by atoms with Crippen LogP contribution in [0.1, 0.15) is 20.9 Å². The van der Waals surface area contributed by atoms with Crippen LogP contribution in [0.4, 0.5) is 10.8 Å². The molecule has 0 saturated carbocycles. The van der Waals surface area contributed by atoms with Crippen LogP contribution in [0.5, 0.6) is 0 Å².